The van der Waals surface area contributed by atoms with Crippen LogP contribution in [0.3, 0.4) is 0 Å². The van der Waals surface area contributed by atoms with Crippen molar-refractivity contribution in [3.05, 3.63) is 59.1 Å². The second kappa shape index (κ2) is 18.3. The normalized spacial score (nSPS) is 11.3. The molecular formula is C25H44FN3O2S. The number of hydrogen-bond acceptors (Lipinski definition) is 4. The molecule has 0 aliphatic heterocycles. The minimum atomic E-state index is -0.901. The zero-order valence-electron chi connectivity index (χ0n) is 21.3. The zero-order valence-corrected chi connectivity index (χ0v) is 22.1. The Hall–Kier alpha value is -2.25. The van der Waals surface area contributed by atoms with E-state index in [2.05, 4.69) is 45.3 Å². The standard InChI is InChI=1S/C12H21NO2.C10H14FN.C2H6.CH3NS/c1-9(12(2,3)4)7-8-10(11(14)15)13(5)6;1-3-8-9(7(2)12)5-4-6-10(8)11;1-2;2-1-3/h8H,1,7H2,2-6H3,(H,14,15);4-7H,3,12H2,1-2H3;1-2H3;1H,(H2,2,3)/b10-8-;;;. The van der Waals surface area contributed by atoms with Crippen LogP contribution >= 0.6 is 12.2 Å². The molecule has 1 aromatic rings. The molecule has 0 heterocycles. The number of thiocarbonyl (C=S) groups is 1. The summed E-state index contributed by atoms with van der Waals surface area (Å²) < 4.78 is 13.2. The number of carbonyl (C=O) groups is 1. The summed E-state index contributed by atoms with van der Waals surface area (Å²) in [5.41, 5.74) is 14.3. The van der Waals surface area contributed by atoms with E-state index in [1.54, 1.807) is 31.1 Å². The highest BCUT2D eigenvalue weighted by Gasteiger charge is 2.15. The van der Waals surface area contributed by atoms with Gasteiger partial charge in [-0.05, 0) is 48.4 Å². The molecule has 0 fully saturated rings. The number of halogens is 1. The molecule has 0 bridgehead atoms. The Labute approximate surface area is 200 Å². The highest BCUT2D eigenvalue weighted by Crippen LogP contribution is 2.26. The Kier molecular flexibility index (Phi) is 19.7. The number of allylic oxidation sites excluding steroid dienone is 2. The van der Waals surface area contributed by atoms with Crippen LogP contribution in [-0.2, 0) is 11.2 Å². The number of carboxylic acid groups (broad SMARTS) is 1. The van der Waals surface area contributed by atoms with Gasteiger partial charge in [0.1, 0.15) is 11.5 Å². The third kappa shape index (κ3) is 14.7. The van der Waals surface area contributed by atoms with E-state index in [9.17, 15) is 9.18 Å². The predicted octanol–water partition coefficient (Wildman–Crippen LogP) is 5.85. The van der Waals surface area contributed by atoms with E-state index in [-0.39, 0.29) is 17.3 Å². The van der Waals surface area contributed by atoms with Crippen LogP contribution in [0.2, 0.25) is 0 Å². The lowest BCUT2D eigenvalue weighted by atomic mass is 9.85. The smallest absolute Gasteiger partial charge is 0.351 e. The highest BCUT2D eigenvalue weighted by molar-refractivity contribution is 7.78. The molecule has 184 valence electrons. The second-order valence-electron chi connectivity index (χ2n) is 7.93. The Morgan fingerprint density at radius 3 is 2.06 bits per heavy atom. The quantitative estimate of drug-likeness (QED) is 0.275. The van der Waals surface area contributed by atoms with E-state index < -0.39 is 5.97 Å². The van der Waals surface area contributed by atoms with Crippen LogP contribution in [0.15, 0.2) is 42.1 Å². The highest BCUT2D eigenvalue weighted by atomic mass is 32.1. The Morgan fingerprint density at radius 2 is 1.78 bits per heavy atom. The monoisotopic (exact) mass is 469 g/mol. The van der Waals surface area contributed by atoms with Gasteiger partial charge in [-0.15, -0.1) is 0 Å². The molecule has 0 aliphatic carbocycles. The molecule has 0 amide bonds. The molecule has 0 saturated carbocycles. The third-order valence-electron chi connectivity index (χ3n) is 4.30. The first-order chi connectivity index (χ1) is 14.7. The van der Waals surface area contributed by atoms with E-state index >= 15 is 0 Å². The van der Waals surface area contributed by atoms with E-state index in [1.807, 2.05) is 33.8 Å². The van der Waals surface area contributed by atoms with Gasteiger partial charge in [-0.25, -0.2) is 9.18 Å². The van der Waals surface area contributed by atoms with Gasteiger partial charge >= 0.3 is 5.97 Å². The molecule has 0 aromatic heterocycles. The summed E-state index contributed by atoms with van der Waals surface area (Å²) in [5.74, 6) is -1.05. The van der Waals surface area contributed by atoms with Gasteiger partial charge in [-0.3, -0.25) is 0 Å². The number of hydrogen-bond donors (Lipinski definition) is 3. The maximum Gasteiger partial charge on any atom is 0.351 e. The van der Waals surface area contributed by atoms with Gasteiger partial charge in [0.15, 0.2) is 0 Å². The molecule has 1 aromatic carbocycles. The maximum absolute atomic E-state index is 13.2. The predicted molar refractivity (Wildman–Crippen MR) is 140 cm³/mol. The number of aliphatic carboxylic acids is 1. The first-order valence-corrected chi connectivity index (χ1v) is 11.2. The lowest BCUT2D eigenvalue weighted by molar-refractivity contribution is -0.134. The molecule has 0 radical (unpaired) electrons. The van der Waals surface area contributed by atoms with Crippen LogP contribution < -0.4 is 11.5 Å². The minimum Gasteiger partial charge on any atom is -0.477 e. The molecule has 5 N–H and O–H groups in total. The average Bonchev–Trinajstić information content (AvgIpc) is 2.69. The van der Waals surface area contributed by atoms with Crippen LogP contribution in [0, 0.1) is 11.2 Å². The van der Waals surface area contributed by atoms with Crippen LogP contribution in [0.25, 0.3) is 0 Å². The largest absolute Gasteiger partial charge is 0.477 e. The third-order valence-corrected chi connectivity index (χ3v) is 4.30. The Morgan fingerprint density at radius 1 is 1.31 bits per heavy atom. The van der Waals surface area contributed by atoms with Crippen molar-refractivity contribution < 1.29 is 14.3 Å². The van der Waals surface area contributed by atoms with Crippen molar-refractivity contribution in [2.75, 3.05) is 14.1 Å². The summed E-state index contributed by atoms with van der Waals surface area (Å²) in [6.07, 6.45) is 3.00. The van der Waals surface area contributed by atoms with Crippen molar-refractivity contribution in [3.8, 4) is 0 Å². The number of likely N-dealkylation sites (N-methyl/N-ethyl adjacent to an activating group) is 1. The average molecular weight is 470 g/mol. The molecule has 0 aliphatic rings. The summed E-state index contributed by atoms with van der Waals surface area (Å²) in [4.78, 5) is 12.5. The van der Waals surface area contributed by atoms with Crippen molar-refractivity contribution in [1.29, 1.82) is 0 Å². The number of nitrogens with zero attached hydrogens (tertiary/aromatic N) is 1. The SMILES string of the molecule is C=C(C/C=C(/C(=O)O)N(C)C)C(C)(C)C.CC.CCc1c(F)cccc1C(C)N.NC=S. The second-order valence-corrected chi connectivity index (χ2v) is 8.20. The van der Waals surface area contributed by atoms with E-state index in [1.165, 1.54) is 6.07 Å². The van der Waals surface area contributed by atoms with E-state index in [0.717, 1.165) is 22.2 Å². The number of benzene rings is 1. The summed E-state index contributed by atoms with van der Waals surface area (Å²) in [5, 5.41) is 8.92. The maximum atomic E-state index is 13.2. The molecule has 32 heavy (non-hydrogen) atoms. The fourth-order valence-corrected chi connectivity index (χ4v) is 2.36. The van der Waals surface area contributed by atoms with Crippen LogP contribution in [0.5, 0.6) is 0 Å². The van der Waals surface area contributed by atoms with Crippen molar-refractivity contribution in [2.24, 2.45) is 16.9 Å². The molecule has 1 unspecified atom stereocenters. The summed E-state index contributed by atoms with van der Waals surface area (Å²) in [7, 11) is 3.44. The number of carboxylic acids is 1. The molecule has 1 atom stereocenters. The lowest BCUT2D eigenvalue weighted by Gasteiger charge is -2.21. The van der Waals surface area contributed by atoms with Crippen molar-refractivity contribution in [1.82, 2.24) is 4.90 Å². The molecule has 1 rings (SSSR count). The molecule has 7 heteroatoms. The number of rotatable bonds is 6. The van der Waals surface area contributed by atoms with Crippen molar-refractivity contribution in [2.45, 2.75) is 67.3 Å². The molecule has 0 saturated heterocycles. The summed E-state index contributed by atoms with van der Waals surface area (Å²) >= 11 is 4.05. The van der Waals surface area contributed by atoms with Crippen molar-refractivity contribution >= 4 is 23.7 Å². The van der Waals surface area contributed by atoms with Gasteiger partial charge < -0.3 is 21.5 Å². The lowest BCUT2D eigenvalue weighted by Crippen LogP contribution is -2.19. The van der Waals surface area contributed by atoms with Gasteiger partial charge in [-0.2, -0.15) is 0 Å². The zero-order chi connectivity index (χ0) is 26.1. The first-order valence-electron chi connectivity index (χ1n) is 10.7. The van der Waals surface area contributed by atoms with Crippen LogP contribution in [0.1, 0.15) is 72.1 Å². The van der Waals surface area contributed by atoms with Gasteiger partial charge in [-0.1, -0.05) is 78.0 Å². The van der Waals surface area contributed by atoms with Gasteiger partial charge in [0, 0.05) is 20.1 Å². The van der Waals surface area contributed by atoms with Gasteiger partial charge in [0.2, 0.25) is 0 Å². The molecular weight excluding hydrogens is 425 g/mol. The van der Waals surface area contributed by atoms with Crippen LogP contribution in [-0.4, -0.2) is 35.6 Å². The topological polar surface area (TPSA) is 92.6 Å². The van der Waals surface area contributed by atoms with Crippen molar-refractivity contribution in [3.63, 3.8) is 0 Å². The van der Waals surface area contributed by atoms with Crippen LogP contribution in [0.4, 0.5) is 4.39 Å². The van der Waals surface area contributed by atoms with E-state index in [4.69, 9.17) is 10.8 Å². The number of nitrogens with two attached hydrogens (primary N) is 2. The fraction of sp³-hybridized carbons (Fsp3) is 0.520. The Balaban J connectivity index is -0.000000442. The van der Waals surface area contributed by atoms with Gasteiger partial charge in [0.25, 0.3) is 0 Å². The van der Waals surface area contributed by atoms with E-state index in [0.29, 0.717) is 18.5 Å². The first kappa shape index (κ1) is 34.4. The molecule has 5 nitrogen and oxygen atoms in total. The fourth-order valence-electron chi connectivity index (χ4n) is 2.36. The van der Waals surface area contributed by atoms with Gasteiger partial charge in [0.05, 0.1) is 5.49 Å². The minimum absolute atomic E-state index is 0.0203. The summed E-state index contributed by atoms with van der Waals surface area (Å²) in [6, 6.07) is 4.97. The Bertz CT molecular complexity index is 724. The molecule has 0 spiro atoms. The summed E-state index contributed by atoms with van der Waals surface area (Å²) in [6.45, 7) is 18.0.